The van der Waals surface area contributed by atoms with Crippen molar-refractivity contribution in [1.29, 1.82) is 0 Å². The van der Waals surface area contributed by atoms with E-state index < -0.39 is 0 Å². The van der Waals surface area contributed by atoms with Crippen molar-refractivity contribution in [1.82, 2.24) is 14.7 Å². The molecule has 1 aliphatic carbocycles. The number of pyridine rings is 1. The molecule has 0 aliphatic heterocycles. The maximum absolute atomic E-state index is 13.2. The highest BCUT2D eigenvalue weighted by molar-refractivity contribution is 6.30. The van der Waals surface area contributed by atoms with Crippen LogP contribution in [0.25, 0.3) is 28.2 Å². The van der Waals surface area contributed by atoms with E-state index in [0.29, 0.717) is 16.2 Å². The van der Waals surface area contributed by atoms with Crippen molar-refractivity contribution in [3.05, 3.63) is 83.5 Å². The van der Waals surface area contributed by atoms with Gasteiger partial charge in [-0.25, -0.2) is 4.98 Å². The van der Waals surface area contributed by atoms with Gasteiger partial charge in [-0.2, -0.15) is 0 Å². The molecular formula is C26H24ClN3O. The van der Waals surface area contributed by atoms with Crippen LogP contribution in [0.4, 0.5) is 0 Å². The molecule has 156 valence electrons. The van der Waals surface area contributed by atoms with Gasteiger partial charge in [0.05, 0.1) is 17.0 Å². The monoisotopic (exact) mass is 429 g/mol. The summed E-state index contributed by atoms with van der Waals surface area (Å²) in [4.78, 5) is 18.1. The molecule has 0 bridgehead atoms. The van der Waals surface area contributed by atoms with E-state index >= 15 is 0 Å². The summed E-state index contributed by atoms with van der Waals surface area (Å²) in [5, 5.41) is 3.92. The van der Waals surface area contributed by atoms with Gasteiger partial charge in [-0.1, -0.05) is 73.3 Å². The van der Waals surface area contributed by atoms with E-state index in [2.05, 4.69) is 17.4 Å². The van der Waals surface area contributed by atoms with Crippen molar-refractivity contribution in [2.45, 2.75) is 38.1 Å². The van der Waals surface area contributed by atoms with Crippen molar-refractivity contribution < 1.29 is 4.79 Å². The Balaban J connectivity index is 1.64. The molecule has 1 amide bonds. The lowest BCUT2D eigenvalue weighted by atomic mass is 9.95. The third-order valence-corrected chi connectivity index (χ3v) is 6.25. The zero-order valence-electron chi connectivity index (χ0n) is 17.2. The summed E-state index contributed by atoms with van der Waals surface area (Å²) < 4.78 is 2.02. The zero-order valence-corrected chi connectivity index (χ0v) is 18.0. The predicted molar refractivity (Wildman–Crippen MR) is 125 cm³/mol. The molecule has 5 rings (SSSR count). The lowest BCUT2D eigenvalue weighted by Gasteiger charge is -2.22. The van der Waals surface area contributed by atoms with E-state index in [1.165, 1.54) is 19.3 Å². The van der Waals surface area contributed by atoms with Crippen LogP contribution in [-0.4, -0.2) is 21.3 Å². The summed E-state index contributed by atoms with van der Waals surface area (Å²) >= 11 is 6.12. The summed E-state index contributed by atoms with van der Waals surface area (Å²) in [6.07, 6.45) is 7.69. The lowest BCUT2D eigenvalue weighted by Crippen LogP contribution is -2.36. The first-order chi connectivity index (χ1) is 15.2. The number of hydrogen-bond donors (Lipinski definition) is 1. The Hall–Kier alpha value is -3.11. The molecule has 1 fully saturated rings. The molecule has 0 unspecified atom stereocenters. The number of benzene rings is 2. The molecule has 1 saturated carbocycles. The largest absolute Gasteiger partial charge is 0.349 e. The summed E-state index contributed by atoms with van der Waals surface area (Å²) in [6, 6.07) is 21.9. The molecule has 0 spiro atoms. The number of nitrogens with one attached hydrogen (secondary N) is 1. The van der Waals surface area contributed by atoms with Gasteiger partial charge in [-0.15, -0.1) is 0 Å². The Labute approximate surface area is 186 Å². The molecule has 2 aromatic carbocycles. The highest BCUT2D eigenvalue weighted by Gasteiger charge is 2.22. The van der Waals surface area contributed by atoms with Crippen LogP contribution in [-0.2, 0) is 0 Å². The van der Waals surface area contributed by atoms with Gasteiger partial charge < -0.3 is 5.32 Å². The van der Waals surface area contributed by atoms with Crippen molar-refractivity contribution in [2.24, 2.45) is 0 Å². The highest BCUT2D eigenvalue weighted by Crippen LogP contribution is 2.34. The van der Waals surface area contributed by atoms with Gasteiger partial charge in [0.25, 0.3) is 5.91 Å². The first-order valence-corrected chi connectivity index (χ1v) is 11.2. The number of aromatic nitrogens is 2. The van der Waals surface area contributed by atoms with E-state index in [9.17, 15) is 4.79 Å². The maximum Gasteiger partial charge on any atom is 0.255 e. The SMILES string of the molecule is O=C(NC1CCCCC1)c1cccn2c(-c3ccccc3)c(-c3ccc(Cl)cc3)nc12. The number of imidazole rings is 1. The van der Waals surface area contributed by atoms with Crippen LogP contribution >= 0.6 is 11.6 Å². The van der Waals surface area contributed by atoms with Crippen LogP contribution in [0.5, 0.6) is 0 Å². The minimum absolute atomic E-state index is 0.0511. The molecule has 4 nitrogen and oxygen atoms in total. The zero-order chi connectivity index (χ0) is 21.2. The predicted octanol–water partition coefficient (Wildman–Crippen LogP) is 6.38. The summed E-state index contributed by atoms with van der Waals surface area (Å²) in [5.41, 5.74) is 5.08. The van der Waals surface area contributed by atoms with Crippen LogP contribution in [0, 0.1) is 0 Å². The molecule has 4 aromatic rings. The standard InChI is InChI=1S/C26H24ClN3O/c27-20-15-13-18(14-16-20)23-24(19-8-3-1-4-9-19)30-17-7-12-22(25(30)29-23)26(31)28-21-10-5-2-6-11-21/h1,3-4,7-9,12-17,21H,2,5-6,10-11H2,(H,28,31). The summed E-state index contributed by atoms with van der Waals surface area (Å²) in [5.74, 6) is -0.0511. The van der Waals surface area contributed by atoms with E-state index in [-0.39, 0.29) is 11.9 Å². The fourth-order valence-electron chi connectivity index (χ4n) is 4.44. The molecular weight excluding hydrogens is 406 g/mol. The quantitative estimate of drug-likeness (QED) is 0.409. The molecule has 0 atom stereocenters. The smallest absolute Gasteiger partial charge is 0.255 e. The van der Waals surface area contributed by atoms with E-state index in [1.54, 1.807) is 0 Å². The average molecular weight is 430 g/mol. The topological polar surface area (TPSA) is 46.4 Å². The Morgan fingerprint density at radius 3 is 2.39 bits per heavy atom. The van der Waals surface area contributed by atoms with Gasteiger partial charge >= 0.3 is 0 Å². The van der Waals surface area contributed by atoms with E-state index in [0.717, 1.165) is 35.4 Å². The number of rotatable bonds is 4. The fraction of sp³-hybridized carbons (Fsp3) is 0.231. The Morgan fingerprint density at radius 2 is 1.65 bits per heavy atom. The van der Waals surface area contributed by atoms with E-state index in [4.69, 9.17) is 16.6 Å². The first kappa shape index (κ1) is 19.8. The number of amides is 1. The van der Waals surface area contributed by atoms with Crippen LogP contribution < -0.4 is 5.32 Å². The summed E-state index contributed by atoms with van der Waals surface area (Å²) in [6.45, 7) is 0. The molecule has 2 heterocycles. The molecule has 1 aliphatic rings. The lowest BCUT2D eigenvalue weighted by molar-refractivity contribution is 0.0929. The first-order valence-electron chi connectivity index (χ1n) is 10.8. The van der Waals surface area contributed by atoms with Crippen LogP contribution in [0.3, 0.4) is 0 Å². The summed E-state index contributed by atoms with van der Waals surface area (Å²) in [7, 11) is 0. The van der Waals surface area contributed by atoms with E-state index in [1.807, 2.05) is 65.2 Å². The van der Waals surface area contributed by atoms with Crippen molar-refractivity contribution in [3.63, 3.8) is 0 Å². The second kappa shape index (κ2) is 8.56. The fourth-order valence-corrected chi connectivity index (χ4v) is 4.56. The number of carbonyl (C=O) groups is 1. The Morgan fingerprint density at radius 1 is 0.903 bits per heavy atom. The third-order valence-electron chi connectivity index (χ3n) is 6.00. The second-order valence-corrected chi connectivity index (χ2v) is 8.54. The number of hydrogen-bond acceptors (Lipinski definition) is 2. The molecule has 0 saturated heterocycles. The van der Waals surface area contributed by atoms with Crippen molar-refractivity contribution in [2.75, 3.05) is 0 Å². The van der Waals surface area contributed by atoms with Gasteiger partial charge in [-0.05, 0) is 37.1 Å². The van der Waals surface area contributed by atoms with Gasteiger partial charge in [0.15, 0.2) is 5.65 Å². The van der Waals surface area contributed by atoms with Gasteiger partial charge in [0, 0.05) is 28.4 Å². The van der Waals surface area contributed by atoms with Crippen LogP contribution in [0.2, 0.25) is 5.02 Å². The number of fused-ring (bicyclic) bond motifs is 1. The second-order valence-electron chi connectivity index (χ2n) is 8.11. The van der Waals surface area contributed by atoms with Crippen molar-refractivity contribution >= 4 is 23.2 Å². The normalized spacial score (nSPS) is 14.6. The molecule has 2 aromatic heterocycles. The maximum atomic E-state index is 13.2. The number of halogens is 1. The van der Waals surface area contributed by atoms with Gasteiger partial charge in [0.2, 0.25) is 0 Å². The molecule has 31 heavy (non-hydrogen) atoms. The minimum atomic E-state index is -0.0511. The van der Waals surface area contributed by atoms with Crippen LogP contribution in [0.15, 0.2) is 72.9 Å². The number of carbonyl (C=O) groups excluding carboxylic acids is 1. The molecule has 0 radical (unpaired) electrons. The Bertz CT molecular complexity index is 1210. The van der Waals surface area contributed by atoms with Gasteiger partial charge in [0.1, 0.15) is 0 Å². The highest BCUT2D eigenvalue weighted by atomic mass is 35.5. The third kappa shape index (κ3) is 3.96. The number of nitrogens with zero attached hydrogens (tertiary/aromatic N) is 2. The molecule has 1 N–H and O–H groups in total. The van der Waals surface area contributed by atoms with Gasteiger partial charge in [-0.3, -0.25) is 9.20 Å². The Kier molecular flexibility index (Phi) is 5.47. The minimum Gasteiger partial charge on any atom is -0.349 e. The van der Waals surface area contributed by atoms with Crippen LogP contribution in [0.1, 0.15) is 42.5 Å². The average Bonchev–Trinajstić information content (AvgIpc) is 3.20. The molecule has 5 heteroatoms. The van der Waals surface area contributed by atoms with Crippen molar-refractivity contribution in [3.8, 4) is 22.5 Å².